The van der Waals surface area contributed by atoms with E-state index in [4.69, 9.17) is 9.47 Å². The zero-order valence-electron chi connectivity index (χ0n) is 15.1. The summed E-state index contributed by atoms with van der Waals surface area (Å²) < 4.78 is 12.0. The van der Waals surface area contributed by atoms with Crippen LogP contribution in [-0.2, 0) is 9.47 Å². The summed E-state index contributed by atoms with van der Waals surface area (Å²) in [6, 6.07) is 0. The summed E-state index contributed by atoms with van der Waals surface area (Å²) in [6.45, 7) is 10.1. The van der Waals surface area contributed by atoms with Gasteiger partial charge in [0.05, 0.1) is 13.2 Å². The molecule has 1 rings (SSSR count). The highest BCUT2D eigenvalue weighted by Crippen LogP contribution is 2.34. The van der Waals surface area contributed by atoms with Crippen LogP contribution >= 0.6 is 0 Å². The maximum absolute atomic E-state index is 6.01. The van der Waals surface area contributed by atoms with Crippen molar-refractivity contribution < 1.29 is 9.47 Å². The van der Waals surface area contributed by atoms with Crippen molar-refractivity contribution in [3.8, 4) is 0 Å². The van der Waals surface area contributed by atoms with Gasteiger partial charge in [0.15, 0.2) is 6.29 Å². The number of rotatable bonds is 13. The molecule has 1 aliphatic heterocycles. The van der Waals surface area contributed by atoms with Crippen LogP contribution in [0.2, 0.25) is 0 Å². The topological polar surface area (TPSA) is 18.5 Å². The normalized spacial score (nSPS) is 25.3. The molecule has 0 aromatic rings. The van der Waals surface area contributed by atoms with Crippen LogP contribution in [0.3, 0.4) is 0 Å². The van der Waals surface area contributed by atoms with E-state index in [0.29, 0.717) is 0 Å². The van der Waals surface area contributed by atoms with Crippen LogP contribution in [0.25, 0.3) is 0 Å². The van der Waals surface area contributed by atoms with Gasteiger partial charge in [0.1, 0.15) is 0 Å². The predicted molar refractivity (Wildman–Crippen MR) is 95.1 cm³/mol. The fourth-order valence-corrected chi connectivity index (χ4v) is 3.18. The number of hydrogen-bond acceptors (Lipinski definition) is 2. The lowest BCUT2D eigenvalue weighted by molar-refractivity contribution is -0.234. The third-order valence-electron chi connectivity index (χ3n) is 5.06. The minimum atomic E-state index is 0.0575. The molecule has 0 aromatic heterocycles. The van der Waals surface area contributed by atoms with Gasteiger partial charge in [-0.25, -0.2) is 0 Å². The molecule has 22 heavy (non-hydrogen) atoms. The molecule has 0 amide bonds. The van der Waals surface area contributed by atoms with Gasteiger partial charge in [-0.2, -0.15) is 0 Å². The molecule has 2 nitrogen and oxygen atoms in total. The largest absolute Gasteiger partial charge is 0.352 e. The third-order valence-corrected chi connectivity index (χ3v) is 5.06. The van der Waals surface area contributed by atoms with E-state index in [1.54, 1.807) is 0 Å². The highest BCUT2D eigenvalue weighted by Gasteiger charge is 2.34. The number of hydrogen-bond donors (Lipinski definition) is 0. The van der Waals surface area contributed by atoms with Gasteiger partial charge in [-0.15, -0.1) is 6.58 Å². The van der Waals surface area contributed by atoms with Gasteiger partial charge < -0.3 is 9.47 Å². The Labute approximate surface area is 138 Å². The van der Waals surface area contributed by atoms with Crippen molar-refractivity contribution in [2.45, 2.75) is 97.2 Å². The lowest BCUT2D eigenvalue weighted by Gasteiger charge is -2.39. The van der Waals surface area contributed by atoms with Crippen molar-refractivity contribution >= 4 is 0 Å². The first kappa shape index (κ1) is 19.7. The molecular formula is C20H38O2. The van der Waals surface area contributed by atoms with E-state index in [0.717, 1.165) is 19.6 Å². The van der Waals surface area contributed by atoms with E-state index < -0.39 is 0 Å². The predicted octanol–water partition coefficient (Wildman–Crippen LogP) is 6.25. The van der Waals surface area contributed by atoms with Crippen LogP contribution in [0.15, 0.2) is 12.7 Å². The van der Waals surface area contributed by atoms with Crippen molar-refractivity contribution in [1.29, 1.82) is 0 Å². The molecule has 0 N–H and O–H groups in total. The molecule has 130 valence electrons. The molecule has 0 bridgehead atoms. The van der Waals surface area contributed by atoms with E-state index in [1.807, 2.05) is 6.08 Å². The zero-order valence-corrected chi connectivity index (χ0v) is 15.1. The second-order valence-electron chi connectivity index (χ2n) is 7.00. The molecule has 1 fully saturated rings. The minimum absolute atomic E-state index is 0.0575. The SMILES string of the molecule is C=CCCCCCCCCC1OCC(CC)(CCCC)CO1. The molecule has 0 atom stereocenters. The zero-order chi connectivity index (χ0) is 16.1. The van der Waals surface area contributed by atoms with Gasteiger partial charge in [-0.1, -0.05) is 58.4 Å². The van der Waals surface area contributed by atoms with Gasteiger partial charge in [-0.05, 0) is 38.5 Å². The maximum Gasteiger partial charge on any atom is 0.157 e. The van der Waals surface area contributed by atoms with Crippen LogP contribution in [0.5, 0.6) is 0 Å². The first-order valence-electron chi connectivity index (χ1n) is 9.60. The Kier molecular flexibility index (Phi) is 10.9. The van der Waals surface area contributed by atoms with Crippen LogP contribution < -0.4 is 0 Å². The van der Waals surface area contributed by atoms with Gasteiger partial charge >= 0.3 is 0 Å². The maximum atomic E-state index is 6.01. The highest BCUT2D eigenvalue weighted by molar-refractivity contribution is 4.80. The smallest absolute Gasteiger partial charge is 0.157 e. The Bertz CT molecular complexity index is 267. The molecule has 0 saturated carbocycles. The Morgan fingerprint density at radius 3 is 2.18 bits per heavy atom. The Balaban J connectivity index is 2.04. The van der Waals surface area contributed by atoms with Gasteiger partial charge in [-0.3, -0.25) is 0 Å². The molecule has 0 aromatic carbocycles. The second-order valence-corrected chi connectivity index (χ2v) is 7.00. The molecule has 0 aliphatic carbocycles. The van der Waals surface area contributed by atoms with Crippen molar-refractivity contribution in [2.24, 2.45) is 5.41 Å². The molecule has 2 heteroatoms. The van der Waals surface area contributed by atoms with E-state index in [-0.39, 0.29) is 11.7 Å². The lowest BCUT2D eigenvalue weighted by Crippen LogP contribution is -2.41. The lowest BCUT2D eigenvalue weighted by atomic mass is 9.81. The number of allylic oxidation sites excluding steroid dienone is 1. The summed E-state index contributed by atoms with van der Waals surface area (Å²) in [5.41, 5.74) is 0.289. The van der Waals surface area contributed by atoms with Crippen LogP contribution in [0, 0.1) is 5.41 Å². The minimum Gasteiger partial charge on any atom is -0.352 e. The molecule has 1 heterocycles. The molecule has 0 spiro atoms. The summed E-state index contributed by atoms with van der Waals surface area (Å²) in [5.74, 6) is 0. The fourth-order valence-electron chi connectivity index (χ4n) is 3.18. The monoisotopic (exact) mass is 310 g/mol. The summed E-state index contributed by atoms with van der Waals surface area (Å²) in [4.78, 5) is 0. The molecule has 0 unspecified atom stereocenters. The van der Waals surface area contributed by atoms with Crippen LogP contribution in [-0.4, -0.2) is 19.5 Å². The highest BCUT2D eigenvalue weighted by atomic mass is 16.7. The Morgan fingerprint density at radius 2 is 1.59 bits per heavy atom. The summed E-state index contributed by atoms with van der Waals surface area (Å²) in [6.07, 6.45) is 17.2. The quantitative estimate of drug-likeness (QED) is 0.295. The Morgan fingerprint density at radius 1 is 0.955 bits per heavy atom. The van der Waals surface area contributed by atoms with Crippen molar-refractivity contribution in [2.75, 3.05) is 13.2 Å². The van der Waals surface area contributed by atoms with E-state index in [9.17, 15) is 0 Å². The van der Waals surface area contributed by atoms with Crippen molar-refractivity contribution in [1.82, 2.24) is 0 Å². The van der Waals surface area contributed by atoms with Gasteiger partial charge in [0.25, 0.3) is 0 Å². The van der Waals surface area contributed by atoms with E-state index in [1.165, 1.54) is 70.6 Å². The molecule has 1 saturated heterocycles. The van der Waals surface area contributed by atoms with Crippen LogP contribution in [0.1, 0.15) is 90.9 Å². The van der Waals surface area contributed by atoms with Crippen LogP contribution in [0.4, 0.5) is 0 Å². The molecule has 0 radical (unpaired) electrons. The van der Waals surface area contributed by atoms with Crippen molar-refractivity contribution in [3.05, 3.63) is 12.7 Å². The summed E-state index contributed by atoms with van der Waals surface area (Å²) >= 11 is 0. The standard InChI is InChI=1S/C20H38O2/c1-4-7-9-10-11-12-13-14-15-19-21-17-20(6-3,18-22-19)16-8-5-2/h4,19H,1,5-18H2,2-3H3. The van der Waals surface area contributed by atoms with Crippen molar-refractivity contribution in [3.63, 3.8) is 0 Å². The third kappa shape index (κ3) is 7.78. The average molecular weight is 311 g/mol. The number of ether oxygens (including phenoxy) is 2. The van der Waals surface area contributed by atoms with Gasteiger partial charge in [0, 0.05) is 5.41 Å². The molecule has 1 aliphatic rings. The average Bonchev–Trinajstić information content (AvgIpc) is 2.56. The van der Waals surface area contributed by atoms with E-state index >= 15 is 0 Å². The summed E-state index contributed by atoms with van der Waals surface area (Å²) in [7, 11) is 0. The van der Waals surface area contributed by atoms with Gasteiger partial charge in [0.2, 0.25) is 0 Å². The molecular weight excluding hydrogens is 272 g/mol. The summed E-state index contributed by atoms with van der Waals surface area (Å²) in [5, 5.41) is 0. The van der Waals surface area contributed by atoms with E-state index in [2.05, 4.69) is 20.4 Å². The second kappa shape index (κ2) is 12.1. The first-order valence-corrected chi connectivity index (χ1v) is 9.60. The first-order chi connectivity index (χ1) is 10.8. The number of unbranched alkanes of at least 4 members (excludes halogenated alkanes) is 7. The Hall–Kier alpha value is -0.340. The fraction of sp³-hybridized carbons (Fsp3) is 0.900.